The second-order valence-corrected chi connectivity index (χ2v) is 6.27. The van der Waals surface area contributed by atoms with Crippen molar-refractivity contribution in [3.63, 3.8) is 0 Å². The molecule has 1 atom stereocenters. The largest absolute Gasteiger partial charge is 0.415 e. The van der Waals surface area contributed by atoms with Crippen molar-refractivity contribution in [2.24, 2.45) is 0 Å². The first-order valence-electron chi connectivity index (χ1n) is 7.97. The highest BCUT2D eigenvalue weighted by Gasteiger charge is 2.40. The Morgan fingerprint density at radius 1 is 1.14 bits per heavy atom. The van der Waals surface area contributed by atoms with Crippen LogP contribution >= 0.6 is 0 Å². The quantitative estimate of drug-likeness (QED) is 0.772. The summed E-state index contributed by atoms with van der Waals surface area (Å²) in [5.41, 5.74) is -2.19. The fourth-order valence-corrected chi connectivity index (χ4v) is 3.11. The molecule has 3 rings (SSSR count). The van der Waals surface area contributed by atoms with Gasteiger partial charge in [0.2, 0.25) is 0 Å². The smallest absolute Gasteiger partial charge is 0.369 e. The lowest BCUT2D eigenvalue weighted by atomic mass is 9.82. The van der Waals surface area contributed by atoms with Gasteiger partial charge in [0.1, 0.15) is 17.7 Å². The molecule has 1 aromatic rings. The molecule has 1 heterocycles. The van der Waals surface area contributed by atoms with Crippen LogP contribution in [0.3, 0.4) is 0 Å². The SMILES string of the molecule is CC1=C(CC2=CC=C(C(F)(F)F)C(C#N)N2)C(=O)c2c(F)cc(F)cc2C1=O. The van der Waals surface area contributed by atoms with Crippen LogP contribution in [0.2, 0.25) is 0 Å². The summed E-state index contributed by atoms with van der Waals surface area (Å²) in [6.45, 7) is 1.30. The van der Waals surface area contributed by atoms with Crippen LogP contribution < -0.4 is 5.32 Å². The van der Waals surface area contributed by atoms with Crippen molar-refractivity contribution in [1.29, 1.82) is 5.26 Å². The number of carbonyl (C=O) groups is 2. The maximum Gasteiger partial charge on any atom is 0.415 e. The number of hydrogen-bond acceptors (Lipinski definition) is 4. The molecule has 0 spiro atoms. The van der Waals surface area contributed by atoms with Crippen molar-refractivity contribution in [1.82, 2.24) is 5.32 Å². The molecular weight excluding hydrogens is 383 g/mol. The molecule has 0 amide bonds. The van der Waals surface area contributed by atoms with Crippen molar-refractivity contribution in [3.05, 3.63) is 69.5 Å². The van der Waals surface area contributed by atoms with Gasteiger partial charge >= 0.3 is 6.18 Å². The predicted octanol–water partition coefficient (Wildman–Crippen LogP) is 3.92. The van der Waals surface area contributed by atoms with Gasteiger partial charge in [-0.15, -0.1) is 0 Å². The summed E-state index contributed by atoms with van der Waals surface area (Å²) in [6.07, 6.45) is -3.26. The average Bonchev–Trinajstić information content (AvgIpc) is 2.61. The molecule has 9 heteroatoms. The Bertz CT molecular complexity index is 1040. The number of rotatable bonds is 2. The summed E-state index contributed by atoms with van der Waals surface area (Å²) in [7, 11) is 0. The number of hydrogen-bond donors (Lipinski definition) is 1. The van der Waals surface area contributed by atoms with E-state index in [0.717, 1.165) is 12.1 Å². The molecule has 0 fully saturated rings. The molecule has 1 aliphatic heterocycles. The number of ketones is 2. The van der Waals surface area contributed by atoms with Crippen LogP contribution in [0.5, 0.6) is 0 Å². The van der Waals surface area contributed by atoms with E-state index in [1.54, 1.807) is 0 Å². The number of fused-ring (bicyclic) bond motifs is 1. The molecule has 28 heavy (non-hydrogen) atoms. The maximum atomic E-state index is 14.1. The summed E-state index contributed by atoms with van der Waals surface area (Å²) in [5, 5.41) is 11.4. The lowest BCUT2D eigenvalue weighted by Gasteiger charge is -2.26. The van der Waals surface area contributed by atoms with Crippen LogP contribution in [0.15, 0.2) is 46.7 Å². The van der Waals surface area contributed by atoms with Crippen LogP contribution in [0.1, 0.15) is 34.1 Å². The van der Waals surface area contributed by atoms with E-state index in [-0.39, 0.29) is 23.3 Å². The van der Waals surface area contributed by atoms with E-state index < -0.39 is 52.1 Å². The summed E-state index contributed by atoms with van der Waals surface area (Å²) < 4.78 is 66.2. The number of allylic oxidation sites excluding steroid dienone is 4. The molecule has 0 saturated heterocycles. The number of nitrogens with one attached hydrogen (secondary N) is 1. The minimum absolute atomic E-state index is 0.0655. The number of Topliss-reactive ketones (excluding diaryl/α,β-unsaturated/α-hetero) is 2. The Morgan fingerprint density at radius 2 is 1.82 bits per heavy atom. The molecule has 0 aromatic heterocycles. The lowest BCUT2D eigenvalue weighted by molar-refractivity contribution is -0.0950. The second-order valence-electron chi connectivity index (χ2n) is 6.27. The highest BCUT2D eigenvalue weighted by Crippen LogP contribution is 2.34. The molecule has 0 radical (unpaired) electrons. The van der Waals surface area contributed by atoms with E-state index in [9.17, 15) is 31.5 Å². The van der Waals surface area contributed by atoms with E-state index >= 15 is 0 Å². The Balaban J connectivity index is 2.00. The second kappa shape index (κ2) is 6.71. The molecule has 0 saturated carbocycles. The molecule has 1 N–H and O–H groups in total. The van der Waals surface area contributed by atoms with Gasteiger partial charge in [-0.05, 0) is 25.1 Å². The zero-order valence-corrected chi connectivity index (χ0v) is 14.2. The van der Waals surface area contributed by atoms with Gasteiger partial charge in [-0.1, -0.05) is 0 Å². The first kappa shape index (κ1) is 19.5. The maximum absolute atomic E-state index is 14.1. The summed E-state index contributed by atoms with van der Waals surface area (Å²) in [4.78, 5) is 25.1. The third-order valence-electron chi connectivity index (χ3n) is 4.52. The third kappa shape index (κ3) is 3.22. The number of benzene rings is 1. The Kier molecular flexibility index (Phi) is 4.67. The minimum Gasteiger partial charge on any atom is -0.369 e. The van der Waals surface area contributed by atoms with Crippen molar-refractivity contribution in [2.45, 2.75) is 25.6 Å². The van der Waals surface area contributed by atoms with E-state index in [1.807, 2.05) is 0 Å². The van der Waals surface area contributed by atoms with Gasteiger partial charge in [-0.2, -0.15) is 18.4 Å². The minimum atomic E-state index is -4.71. The van der Waals surface area contributed by atoms with Gasteiger partial charge in [0.25, 0.3) is 0 Å². The third-order valence-corrected chi connectivity index (χ3v) is 4.52. The van der Waals surface area contributed by atoms with Crippen molar-refractivity contribution >= 4 is 11.6 Å². The van der Waals surface area contributed by atoms with Gasteiger partial charge in [-0.3, -0.25) is 9.59 Å². The number of nitriles is 1. The average molecular weight is 394 g/mol. The molecule has 144 valence electrons. The predicted molar refractivity (Wildman–Crippen MR) is 87.1 cm³/mol. The highest BCUT2D eigenvalue weighted by atomic mass is 19.4. The van der Waals surface area contributed by atoms with Gasteiger partial charge < -0.3 is 5.32 Å². The monoisotopic (exact) mass is 394 g/mol. The molecule has 1 aromatic carbocycles. The first-order chi connectivity index (χ1) is 13.0. The van der Waals surface area contributed by atoms with Crippen molar-refractivity contribution in [3.8, 4) is 6.07 Å². The first-order valence-corrected chi connectivity index (χ1v) is 7.97. The van der Waals surface area contributed by atoms with Gasteiger partial charge in [0, 0.05) is 34.9 Å². The van der Waals surface area contributed by atoms with Gasteiger partial charge in [0.15, 0.2) is 11.6 Å². The van der Waals surface area contributed by atoms with Crippen LogP contribution in [0.4, 0.5) is 22.0 Å². The fourth-order valence-electron chi connectivity index (χ4n) is 3.11. The number of carbonyl (C=O) groups excluding carboxylic acids is 2. The van der Waals surface area contributed by atoms with Gasteiger partial charge in [-0.25, -0.2) is 8.78 Å². The fraction of sp³-hybridized carbons (Fsp3) is 0.211. The Labute approximate surface area is 155 Å². The normalized spacial score (nSPS) is 19.5. The van der Waals surface area contributed by atoms with Crippen molar-refractivity contribution in [2.75, 3.05) is 0 Å². The van der Waals surface area contributed by atoms with Crippen LogP contribution in [0.25, 0.3) is 0 Å². The van der Waals surface area contributed by atoms with Crippen LogP contribution in [-0.2, 0) is 0 Å². The summed E-state index contributed by atoms with van der Waals surface area (Å²) >= 11 is 0. The highest BCUT2D eigenvalue weighted by molar-refractivity contribution is 6.26. The topological polar surface area (TPSA) is 70.0 Å². The molecule has 4 nitrogen and oxygen atoms in total. The number of halogens is 5. The molecule has 1 aliphatic carbocycles. The van der Waals surface area contributed by atoms with E-state index in [4.69, 9.17) is 5.26 Å². The number of nitrogens with zero attached hydrogens (tertiary/aromatic N) is 1. The molecule has 2 aliphatic rings. The number of alkyl halides is 3. The molecule has 1 unspecified atom stereocenters. The van der Waals surface area contributed by atoms with E-state index in [1.165, 1.54) is 13.0 Å². The van der Waals surface area contributed by atoms with Crippen LogP contribution in [0, 0.1) is 23.0 Å². The van der Waals surface area contributed by atoms with Crippen LogP contribution in [-0.4, -0.2) is 23.8 Å². The number of dihydropyridines is 1. The Hall–Kier alpha value is -3.28. The lowest BCUT2D eigenvalue weighted by Crippen LogP contribution is -2.37. The molecule has 0 bridgehead atoms. The zero-order valence-electron chi connectivity index (χ0n) is 14.2. The van der Waals surface area contributed by atoms with Gasteiger partial charge in [0.05, 0.1) is 17.2 Å². The van der Waals surface area contributed by atoms with E-state index in [2.05, 4.69) is 5.32 Å². The zero-order chi connectivity index (χ0) is 20.8. The van der Waals surface area contributed by atoms with E-state index in [0.29, 0.717) is 12.1 Å². The standard InChI is InChI=1S/C19H11F5N2O2/c1-8-11(6-10-2-3-13(19(22,23)24)15(7-25)26-10)18(28)16-12(17(8)27)4-9(20)5-14(16)21/h2-5,15,26H,6H2,1H3. The summed E-state index contributed by atoms with van der Waals surface area (Å²) in [5.74, 6) is -3.81. The Morgan fingerprint density at radius 3 is 2.43 bits per heavy atom. The van der Waals surface area contributed by atoms with Crippen molar-refractivity contribution < 1.29 is 31.5 Å². The molecular formula is C19H11F5N2O2. The summed E-state index contributed by atoms with van der Waals surface area (Å²) in [6, 6.07) is 1.04.